The molecule has 0 amide bonds. The lowest BCUT2D eigenvalue weighted by Gasteiger charge is -2.17. The molecule has 0 atom stereocenters. The van der Waals surface area contributed by atoms with Crippen molar-refractivity contribution in [3.63, 3.8) is 0 Å². The van der Waals surface area contributed by atoms with Crippen molar-refractivity contribution >= 4 is 11.6 Å². The SMILES string of the molecule is COc1cc(CCON)c(Cl)cc1OC1CCCC1. The lowest BCUT2D eigenvalue weighted by atomic mass is 10.1. The van der Waals surface area contributed by atoms with Crippen molar-refractivity contribution in [1.29, 1.82) is 0 Å². The Morgan fingerprint density at radius 2 is 2.00 bits per heavy atom. The Kier molecular flexibility index (Phi) is 5.31. The number of benzene rings is 1. The Bertz CT molecular complexity index is 419. The van der Waals surface area contributed by atoms with Gasteiger partial charge in [0.05, 0.1) is 19.8 Å². The Morgan fingerprint density at radius 3 is 2.63 bits per heavy atom. The van der Waals surface area contributed by atoms with Gasteiger partial charge in [-0.1, -0.05) is 11.6 Å². The van der Waals surface area contributed by atoms with Gasteiger partial charge in [-0.05, 0) is 43.7 Å². The van der Waals surface area contributed by atoms with Crippen LogP contribution in [0.25, 0.3) is 0 Å². The van der Waals surface area contributed by atoms with Crippen LogP contribution in [0.5, 0.6) is 11.5 Å². The molecular weight excluding hydrogens is 266 g/mol. The predicted molar refractivity (Wildman–Crippen MR) is 74.7 cm³/mol. The Hall–Kier alpha value is -0.970. The molecule has 0 aromatic heterocycles. The maximum absolute atomic E-state index is 6.25. The van der Waals surface area contributed by atoms with Gasteiger partial charge in [-0.2, -0.15) is 0 Å². The first-order valence-corrected chi connectivity index (χ1v) is 6.97. The molecule has 1 saturated carbocycles. The van der Waals surface area contributed by atoms with Gasteiger partial charge in [-0.15, -0.1) is 0 Å². The molecule has 4 nitrogen and oxygen atoms in total. The average Bonchev–Trinajstić information content (AvgIpc) is 2.91. The Balaban J connectivity index is 2.15. The molecule has 0 spiro atoms. The highest BCUT2D eigenvalue weighted by Crippen LogP contribution is 2.36. The molecule has 2 N–H and O–H groups in total. The van der Waals surface area contributed by atoms with Gasteiger partial charge < -0.3 is 14.3 Å². The summed E-state index contributed by atoms with van der Waals surface area (Å²) in [7, 11) is 1.63. The van der Waals surface area contributed by atoms with E-state index in [1.54, 1.807) is 7.11 Å². The van der Waals surface area contributed by atoms with E-state index in [1.165, 1.54) is 12.8 Å². The van der Waals surface area contributed by atoms with E-state index in [-0.39, 0.29) is 6.10 Å². The number of methoxy groups -OCH3 is 1. The summed E-state index contributed by atoms with van der Waals surface area (Å²) in [6.07, 6.45) is 5.59. The van der Waals surface area contributed by atoms with Crippen LogP contribution in [0.15, 0.2) is 12.1 Å². The predicted octanol–water partition coefficient (Wildman–Crippen LogP) is 3.10. The summed E-state index contributed by atoms with van der Waals surface area (Å²) < 4.78 is 11.3. The molecule has 106 valence electrons. The van der Waals surface area contributed by atoms with Gasteiger partial charge in [-0.3, -0.25) is 0 Å². The van der Waals surface area contributed by atoms with Crippen LogP contribution in [0, 0.1) is 0 Å². The molecule has 0 aliphatic heterocycles. The molecule has 1 fully saturated rings. The lowest BCUT2D eigenvalue weighted by molar-refractivity contribution is 0.141. The van der Waals surface area contributed by atoms with E-state index in [4.69, 9.17) is 27.0 Å². The molecule has 1 aliphatic carbocycles. The third kappa shape index (κ3) is 3.75. The van der Waals surface area contributed by atoms with Crippen LogP contribution in [-0.4, -0.2) is 19.8 Å². The van der Waals surface area contributed by atoms with Crippen molar-refractivity contribution in [2.24, 2.45) is 5.90 Å². The highest BCUT2D eigenvalue weighted by atomic mass is 35.5. The molecule has 5 heteroatoms. The minimum absolute atomic E-state index is 0.281. The highest BCUT2D eigenvalue weighted by Gasteiger charge is 2.19. The Labute approximate surface area is 118 Å². The van der Waals surface area contributed by atoms with E-state index in [1.807, 2.05) is 12.1 Å². The normalized spacial score (nSPS) is 15.7. The smallest absolute Gasteiger partial charge is 0.163 e. The van der Waals surface area contributed by atoms with E-state index < -0.39 is 0 Å². The topological polar surface area (TPSA) is 53.7 Å². The van der Waals surface area contributed by atoms with Crippen LogP contribution in [0.2, 0.25) is 5.02 Å². The molecule has 1 aliphatic rings. The average molecular weight is 286 g/mol. The number of halogens is 1. The summed E-state index contributed by atoms with van der Waals surface area (Å²) in [4.78, 5) is 4.58. The lowest BCUT2D eigenvalue weighted by Crippen LogP contribution is -2.12. The molecule has 0 saturated heterocycles. The third-order valence-corrected chi connectivity index (χ3v) is 3.77. The molecule has 0 bridgehead atoms. The molecule has 0 unspecified atom stereocenters. The van der Waals surface area contributed by atoms with E-state index in [9.17, 15) is 0 Å². The molecule has 0 heterocycles. The van der Waals surface area contributed by atoms with Crippen molar-refractivity contribution in [2.75, 3.05) is 13.7 Å². The zero-order valence-corrected chi connectivity index (χ0v) is 11.9. The van der Waals surface area contributed by atoms with E-state index in [2.05, 4.69) is 4.84 Å². The highest BCUT2D eigenvalue weighted by molar-refractivity contribution is 6.31. The summed E-state index contributed by atoms with van der Waals surface area (Å²) in [5, 5.41) is 0.658. The van der Waals surface area contributed by atoms with Crippen LogP contribution in [0.3, 0.4) is 0 Å². The number of nitrogens with two attached hydrogens (primary N) is 1. The zero-order valence-electron chi connectivity index (χ0n) is 11.2. The van der Waals surface area contributed by atoms with Crippen LogP contribution < -0.4 is 15.4 Å². The molecular formula is C14H20ClNO3. The quantitative estimate of drug-likeness (QED) is 0.816. The Morgan fingerprint density at radius 1 is 1.26 bits per heavy atom. The first kappa shape index (κ1) is 14.4. The minimum Gasteiger partial charge on any atom is -0.493 e. The van der Waals surface area contributed by atoms with E-state index in [0.717, 1.165) is 24.2 Å². The van der Waals surface area contributed by atoms with Gasteiger partial charge in [0, 0.05) is 11.1 Å². The van der Waals surface area contributed by atoms with Gasteiger partial charge in [0.25, 0.3) is 0 Å². The standard InChI is InChI=1S/C14H20ClNO3/c1-17-13-8-10(6-7-18-16)12(15)9-14(13)19-11-4-2-3-5-11/h8-9,11H,2-7,16H2,1H3. The van der Waals surface area contributed by atoms with Gasteiger partial charge in [0.2, 0.25) is 0 Å². The maximum Gasteiger partial charge on any atom is 0.163 e. The fourth-order valence-corrected chi connectivity index (χ4v) is 2.62. The number of rotatable bonds is 6. The maximum atomic E-state index is 6.25. The van der Waals surface area contributed by atoms with Crippen molar-refractivity contribution in [1.82, 2.24) is 0 Å². The number of hydrogen-bond donors (Lipinski definition) is 1. The largest absolute Gasteiger partial charge is 0.493 e. The van der Waals surface area contributed by atoms with Crippen molar-refractivity contribution in [2.45, 2.75) is 38.2 Å². The van der Waals surface area contributed by atoms with Crippen LogP contribution >= 0.6 is 11.6 Å². The first-order chi connectivity index (χ1) is 9.24. The summed E-state index contributed by atoms with van der Waals surface area (Å²) in [5.74, 6) is 6.47. The molecule has 2 rings (SSSR count). The number of hydrogen-bond acceptors (Lipinski definition) is 4. The van der Waals surface area contributed by atoms with Crippen LogP contribution in [0.1, 0.15) is 31.2 Å². The van der Waals surface area contributed by atoms with Crippen molar-refractivity contribution in [3.05, 3.63) is 22.7 Å². The fourth-order valence-electron chi connectivity index (χ4n) is 2.38. The van der Waals surface area contributed by atoms with Crippen molar-refractivity contribution in [3.8, 4) is 11.5 Å². The zero-order chi connectivity index (χ0) is 13.7. The van der Waals surface area contributed by atoms with Crippen LogP contribution in [-0.2, 0) is 11.3 Å². The summed E-state index contributed by atoms with van der Waals surface area (Å²) in [6.45, 7) is 0.422. The van der Waals surface area contributed by atoms with E-state index >= 15 is 0 Å². The molecule has 1 aromatic carbocycles. The summed E-state index contributed by atoms with van der Waals surface area (Å²) in [5.41, 5.74) is 0.947. The van der Waals surface area contributed by atoms with E-state index in [0.29, 0.717) is 23.8 Å². The summed E-state index contributed by atoms with van der Waals surface area (Å²) >= 11 is 6.25. The van der Waals surface area contributed by atoms with Crippen molar-refractivity contribution < 1.29 is 14.3 Å². The van der Waals surface area contributed by atoms with Gasteiger partial charge in [0.1, 0.15) is 0 Å². The summed E-state index contributed by atoms with van der Waals surface area (Å²) in [6, 6.07) is 3.72. The second-order valence-electron chi connectivity index (χ2n) is 4.74. The monoisotopic (exact) mass is 285 g/mol. The molecule has 0 radical (unpaired) electrons. The van der Waals surface area contributed by atoms with Gasteiger partial charge in [0.15, 0.2) is 11.5 Å². The first-order valence-electron chi connectivity index (χ1n) is 6.59. The second-order valence-corrected chi connectivity index (χ2v) is 5.15. The third-order valence-electron chi connectivity index (χ3n) is 3.42. The van der Waals surface area contributed by atoms with Gasteiger partial charge >= 0.3 is 0 Å². The van der Waals surface area contributed by atoms with Crippen LogP contribution in [0.4, 0.5) is 0 Å². The minimum atomic E-state index is 0.281. The number of ether oxygens (including phenoxy) is 2. The second kappa shape index (κ2) is 6.98. The molecule has 19 heavy (non-hydrogen) atoms. The fraction of sp³-hybridized carbons (Fsp3) is 0.571. The van der Waals surface area contributed by atoms with Gasteiger partial charge in [-0.25, -0.2) is 5.90 Å². The molecule has 1 aromatic rings.